The Morgan fingerprint density at radius 3 is 2.55 bits per heavy atom. The largest absolute Gasteiger partial charge is 0.492 e. The van der Waals surface area contributed by atoms with E-state index in [1.807, 2.05) is 34.9 Å². The number of sulfone groups is 1. The molecule has 6 nitrogen and oxygen atoms in total. The first-order valence-electron chi connectivity index (χ1n) is 10.9. The molecule has 3 heterocycles. The van der Waals surface area contributed by atoms with E-state index in [1.165, 1.54) is 7.11 Å². The number of halogens is 1. The topological polar surface area (TPSA) is 70.4 Å². The number of rotatable bonds is 5. The Morgan fingerprint density at radius 1 is 1.15 bits per heavy atom. The van der Waals surface area contributed by atoms with Crippen molar-refractivity contribution in [3.05, 3.63) is 66.1 Å². The fourth-order valence-corrected chi connectivity index (χ4v) is 5.93. The molecule has 172 valence electrons. The third kappa shape index (κ3) is 3.67. The molecule has 1 aliphatic heterocycles. The fourth-order valence-electron chi connectivity index (χ4n) is 5.05. The van der Waals surface area contributed by atoms with Crippen LogP contribution in [-0.2, 0) is 14.6 Å². The number of ether oxygens (including phenoxy) is 2. The van der Waals surface area contributed by atoms with Gasteiger partial charge in [0, 0.05) is 31.1 Å². The number of hydrogen-bond donors (Lipinski definition) is 0. The van der Waals surface area contributed by atoms with Gasteiger partial charge in [0.15, 0.2) is 21.4 Å². The van der Waals surface area contributed by atoms with Gasteiger partial charge in [0.1, 0.15) is 0 Å². The zero-order chi connectivity index (χ0) is 23.2. The molecule has 33 heavy (non-hydrogen) atoms. The lowest BCUT2D eigenvalue weighted by Gasteiger charge is -2.33. The lowest BCUT2D eigenvalue weighted by Crippen LogP contribution is -2.27. The summed E-state index contributed by atoms with van der Waals surface area (Å²) in [5, 5.41) is 0.388. The zero-order valence-corrected chi connectivity index (χ0v) is 19.3. The average Bonchev–Trinajstić information content (AvgIpc) is 3.14. The lowest BCUT2D eigenvalue weighted by molar-refractivity contribution is 0.0552. The summed E-state index contributed by atoms with van der Waals surface area (Å²) in [7, 11) is -2.34. The third-order valence-electron chi connectivity index (χ3n) is 6.43. The summed E-state index contributed by atoms with van der Waals surface area (Å²) in [5.74, 6) is -0.494. The molecule has 0 amide bonds. The molecule has 8 heteroatoms. The van der Waals surface area contributed by atoms with E-state index >= 15 is 4.39 Å². The maximum Gasteiger partial charge on any atom is 0.179 e. The molecule has 1 saturated heterocycles. The van der Waals surface area contributed by atoms with E-state index in [-0.39, 0.29) is 22.6 Å². The lowest BCUT2D eigenvalue weighted by atomic mass is 9.86. The monoisotopic (exact) mass is 468 g/mol. The second-order valence-corrected chi connectivity index (χ2v) is 10.4. The van der Waals surface area contributed by atoms with E-state index in [0.29, 0.717) is 29.6 Å². The number of fused-ring (bicyclic) bond motifs is 3. The van der Waals surface area contributed by atoms with Crippen molar-refractivity contribution in [2.45, 2.75) is 23.8 Å². The highest BCUT2D eigenvalue weighted by atomic mass is 32.2. The Bertz CT molecular complexity index is 1430. The van der Waals surface area contributed by atoms with Crippen molar-refractivity contribution in [3.63, 3.8) is 0 Å². The van der Waals surface area contributed by atoms with Gasteiger partial charge < -0.3 is 14.0 Å². The number of pyridine rings is 1. The van der Waals surface area contributed by atoms with Crippen molar-refractivity contribution in [2.24, 2.45) is 5.92 Å². The molecule has 2 aromatic heterocycles. The minimum Gasteiger partial charge on any atom is -0.492 e. The smallest absolute Gasteiger partial charge is 0.179 e. The van der Waals surface area contributed by atoms with E-state index in [0.717, 1.165) is 36.2 Å². The molecule has 5 rings (SSSR count). The Morgan fingerprint density at radius 2 is 1.88 bits per heavy atom. The number of nitrogens with zero attached hydrogens (tertiary/aromatic N) is 2. The van der Waals surface area contributed by atoms with Gasteiger partial charge in [0.2, 0.25) is 0 Å². The molecule has 2 aromatic carbocycles. The van der Waals surface area contributed by atoms with Crippen molar-refractivity contribution in [3.8, 4) is 5.75 Å². The Labute approximate surface area is 191 Å². The minimum absolute atomic E-state index is 0.0170. The predicted molar refractivity (Wildman–Crippen MR) is 125 cm³/mol. The highest BCUT2D eigenvalue weighted by Crippen LogP contribution is 2.45. The van der Waals surface area contributed by atoms with Gasteiger partial charge in [-0.15, -0.1) is 0 Å². The maximum absolute atomic E-state index is 15.3. The quantitative estimate of drug-likeness (QED) is 0.423. The molecular formula is C25H25FN2O4S. The number of benzene rings is 2. The van der Waals surface area contributed by atoms with Gasteiger partial charge in [0.25, 0.3) is 0 Å². The first kappa shape index (κ1) is 21.9. The van der Waals surface area contributed by atoms with Crippen molar-refractivity contribution < 1.29 is 22.3 Å². The van der Waals surface area contributed by atoms with Crippen LogP contribution in [-0.4, -0.2) is 44.5 Å². The maximum atomic E-state index is 15.3. The molecular weight excluding hydrogens is 443 g/mol. The van der Waals surface area contributed by atoms with Crippen LogP contribution in [0.2, 0.25) is 0 Å². The fraction of sp³-hybridized carbons (Fsp3) is 0.320. The highest BCUT2D eigenvalue weighted by Gasteiger charge is 2.33. The summed E-state index contributed by atoms with van der Waals surface area (Å²) < 4.78 is 53.9. The van der Waals surface area contributed by atoms with Crippen molar-refractivity contribution in [1.82, 2.24) is 9.55 Å². The number of hydrogen-bond acceptors (Lipinski definition) is 5. The molecule has 0 spiro atoms. The Hall–Kier alpha value is -2.97. The summed E-state index contributed by atoms with van der Waals surface area (Å²) in [6.07, 6.45) is 4.38. The number of methoxy groups -OCH3 is 1. The van der Waals surface area contributed by atoms with Crippen LogP contribution in [0.15, 0.2) is 59.6 Å². The van der Waals surface area contributed by atoms with Gasteiger partial charge in [-0.05, 0) is 42.5 Å². The van der Waals surface area contributed by atoms with E-state index in [4.69, 9.17) is 9.47 Å². The average molecular weight is 469 g/mol. The Balaban J connectivity index is 1.97. The van der Waals surface area contributed by atoms with Gasteiger partial charge in [-0.2, -0.15) is 0 Å². The predicted octanol–water partition coefficient (Wildman–Crippen LogP) is 4.76. The van der Waals surface area contributed by atoms with Crippen molar-refractivity contribution in [1.29, 1.82) is 0 Å². The first-order chi connectivity index (χ1) is 15.9. The van der Waals surface area contributed by atoms with Gasteiger partial charge in [-0.25, -0.2) is 12.8 Å². The second kappa shape index (κ2) is 8.43. The minimum atomic E-state index is -3.74. The van der Waals surface area contributed by atoms with Crippen LogP contribution < -0.4 is 4.74 Å². The SMILES string of the molecule is COc1c(F)cc(S(C)(=O)=O)c2c3ncccc3n([C@H](c3ccccc3)C3CCOCC3)c12. The van der Waals surface area contributed by atoms with Crippen LogP contribution in [0.1, 0.15) is 24.4 Å². The summed E-state index contributed by atoms with van der Waals surface area (Å²) in [6.45, 7) is 1.28. The summed E-state index contributed by atoms with van der Waals surface area (Å²) >= 11 is 0. The standard InChI is InChI=1S/C25H25FN2O4S/c1-31-25-18(26)15-20(33(2,29)30)21-22-19(9-6-12-27-22)28(24(21)25)23(16-7-4-3-5-8-16)17-10-13-32-14-11-17/h3-9,12,15,17,23H,10-11,13-14H2,1-2H3/t23-/m1/s1. The molecule has 1 aliphatic rings. The molecule has 1 fully saturated rings. The van der Waals surface area contributed by atoms with Crippen LogP contribution in [0.25, 0.3) is 21.9 Å². The molecule has 0 saturated carbocycles. The second-order valence-electron chi connectivity index (χ2n) is 8.43. The van der Waals surface area contributed by atoms with Crippen LogP contribution >= 0.6 is 0 Å². The van der Waals surface area contributed by atoms with Crippen molar-refractivity contribution >= 4 is 31.8 Å². The van der Waals surface area contributed by atoms with Gasteiger partial charge in [-0.1, -0.05) is 30.3 Å². The molecule has 1 atom stereocenters. The molecule has 0 aliphatic carbocycles. The van der Waals surface area contributed by atoms with E-state index in [1.54, 1.807) is 6.20 Å². The summed E-state index contributed by atoms with van der Waals surface area (Å²) in [6, 6.07) is 14.6. The van der Waals surface area contributed by atoms with E-state index in [9.17, 15) is 8.42 Å². The molecule has 0 bridgehead atoms. The van der Waals surface area contributed by atoms with Gasteiger partial charge in [-0.3, -0.25) is 4.98 Å². The van der Waals surface area contributed by atoms with Gasteiger partial charge in [0.05, 0.1) is 34.6 Å². The zero-order valence-electron chi connectivity index (χ0n) is 18.5. The van der Waals surface area contributed by atoms with Gasteiger partial charge >= 0.3 is 0 Å². The summed E-state index contributed by atoms with van der Waals surface area (Å²) in [4.78, 5) is 4.46. The normalized spacial score (nSPS) is 16.3. The van der Waals surface area contributed by atoms with Crippen LogP contribution in [0.4, 0.5) is 4.39 Å². The van der Waals surface area contributed by atoms with Crippen LogP contribution in [0, 0.1) is 11.7 Å². The molecule has 0 radical (unpaired) electrons. The molecule has 0 unspecified atom stereocenters. The van der Waals surface area contributed by atoms with Crippen LogP contribution in [0.3, 0.4) is 0 Å². The van der Waals surface area contributed by atoms with E-state index < -0.39 is 15.7 Å². The number of aromatic nitrogens is 2. The summed E-state index contributed by atoms with van der Waals surface area (Å²) in [5.41, 5.74) is 2.71. The van der Waals surface area contributed by atoms with Crippen molar-refractivity contribution in [2.75, 3.05) is 26.6 Å². The highest BCUT2D eigenvalue weighted by molar-refractivity contribution is 7.91. The van der Waals surface area contributed by atoms with Crippen LogP contribution in [0.5, 0.6) is 5.75 Å². The third-order valence-corrected chi connectivity index (χ3v) is 7.55. The van der Waals surface area contributed by atoms with E-state index in [2.05, 4.69) is 17.1 Å². The Kier molecular flexibility index (Phi) is 5.58. The molecule has 4 aromatic rings. The molecule has 0 N–H and O–H groups in total. The first-order valence-corrected chi connectivity index (χ1v) is 12.8.